The molecule has 20 heavy (non-hydrogen) atoms. The van der Waals surface area contributed by atoms with Gasteiger partial charge in [0.05, 0.1) is 15.6 Å². The molecule has 3 N–H and O–H groups in total. The van der Waals surface area contributed by atoms with Crippen LogP contribution in [0.15, 0.2) is 33.9 Å². The highest BCUT2D eigenvalue weighted by Gasteiger charge is 2.15. The Labute approximate surface area is 129 Å². The van der Waals surface area contributed by atoms with Crippen LogP contribution in [-0.2, 0) is 10.0 Å². The van der Waals surface area contributed by atoms with Gasteiger partial charge in [-0.15, -0.1) is 11.3 Å². The van der Waals surface area contributed by atoms with Crippen LogP contribution in [-0.4, -0.2) is 14.3 Å². The quantitative estimate of drug-likeness (QED) is 0.891. The highest BCUT2D eigenvalue weighted by molar-refractivity contribution is 7.91. The highest BCUT2D eigenvalue weighted by atomic mass is 35.5. The monoisotopic (exact) mass is 350 g/mol. The summed E-state index contributed by atoms with van der Waals surface area (Å²) in [6.45, 7) is 0. The van der Waals surface area contributed by atoms with E-state index in [0.717, 1.165) is 11.3 Å². The zero-order valence-corrected chi connectivity index (χ0v) is 12.9. The molecular weight excluding hydrogens is 343 g/mol. The first-order valence-electron chi connectivity index (χ1n) is 5.15. The van der Waals surface area contributed by atoms with Crippen molar-refractivity contribution in [3.05, 3.63) is 45.3 Å². The van der Waals surface area contributed by atoms with Gasteiger partial charge in [-0.25, -0.2) is 13.6 Å². The van der Waals surface area contributed by atoms with Crippen molar-refractivity contribution in [3.63, 3.8) is 0 Å². The van der Waals surface area contributed by atoms with Crippen molar-refractivity contribution in [1.29, 1.82) is 0 Å². The third-order valence-electron chi connectivity index (χ3n) is 2.30. The number of carbonyl (C=O) groups is 1. The number of anilines is 1. The molecule has 0 aliphatic carbocycles. The molecule has 0 aliphatic rings. The molecule has 1 aromatic heterocycles. The fourth-order valence-electron chi connectivity index (χ4n) is 1.36. The Morgan fingerprint density at radius 2 is 1.90 bits per heavy atom. The third-order valence-corrected chi connectivity index (χ3v) is 5.42. The van der Waals surface area contributed by atoms with Gasteiger partial charge in [-0.3, -0.25) is 4.79 Å². The number of halogens is 2. The van der Waals surface area contributed by atoms with Crippen LogP contribution < -0.4 is 10.5 Å². The molecule has 0 atom stereocenters. The maximum absolute atomic E-state index is 11.9. The van der Waals surface area contributed by atoms with E-state index < -0.39 is 15.9 Å². The number of nitrogens with one attached hydrogen (secondary N) is 1. The summed E-state index contributed by atoms with van der Waals surface area (Å²) in [5.41, 5.74) is 0.651. The van der Waals surface area contributed by atoms with Gasteiger partial charge in [0, 0.05) is 11.1 Å². The average Bonchev–Trinajstić information content (AvgIpc) is 2.83. The molecule has 0 aliphatic heterocycles. The SMILES string of the molecule is NS(=O)(=O)c1cc(C(=O)Nc2ccc(Cl)c(Cl)c2)cs1. The molecule has 1 amide bonds. The Balaban J connectivity index is 2.20. The van der Waals surface area contributed by atoms with E-state index >= 15 is 0 Å². The van der Waals surface area contributed by atoms with E-state index in [0.29, 0.717) is 15.7 Å². The third kappa shape index (κ3) is 3.50. The lowest BCUT2D eigenvalue weighted by Gasteiger charge is -2.04. The van der Waals surface area contributed by atoms with Gasteiger partial charge in [0.25, 0.3) is 5.91 Å². The Kier molecular flexibility index (Phi) is 4.36. The van der Waals surface area contributed by atoms with Crippen LogP contribution in [0.3, 0.4) is 0 Å². The van der Waals surface area contributed by atoms with E-state index in [1.54, 1.807) is 12.1 Å². The first kappa shape index (κ1) is 15.3. The van der Waals surface area contributed by atoms with Crippen molar-refractivity contribution in [2.75, 3.05) is 5.32 Å². The van der Waals surface area contributed by atoms with E-state index in [9.17, 15) is 13.2 Å². The van der Waals surface area contributed by atoms with Crippen LogP contribution in [0, 0.1) is 0 Å². The van der Waals surface area contributed by atoms with Gasteiger partial charge >= 0.3 is 0 Å². The van der Waals surface area contributed by atoms with Crippen molar-refractivity contribution in [2.24, 2.45) is 5.14 Å². The van der Waals surface area contributed by atoms with Crippen molar-refractivity contribution in [2.45, 2.75) is 4.21 Å². The molecule has 2 rings (SSSR count). The van der Waals surface area contributed by atoms with Crippen molar-refractivity contribution in [1.82, 2.24) is 0 Å². The van der Waals surface area contributed by atoms with E-state index in [4.69, 9.17) is 28.3 Å². The summed E-state index contributed by atoms with van der Waals surface area (Å²) >= 11 is 12.5. The fraction of sp³-hybridized carbons (Fsp3) is 0. The molecule has 0 radical (unpaired) electrons. The molecule has 106 valence electrons. The molecule has 1 heterocycles. The first-order chi connectivity index (χ1) is 9.27. The zero-order chi connectivity index (χ0) is 14.9. The van der Waals surface area contributed by atoms with Crippen LogP contribution >= 0.6 is 34.5 Å². The number of hydrogen-bond acceptors (Lipinski definition) is 4. The number of amides is 1. The minimum atomic E-state index is -3.80. The summed E-state index contributed by atoms with van der Waals surface area (Å²) in [5, 5.41) is 9.65. The summed E-state index contributed by atoms with van der Waals surface area (Å²) in [6, 6.07) is 5.84. The Morgan fingerprint density at radius 1 is 1.20 bits per heavy atom. The second kappa shape index (κ2) is 5.71. The molecule has 0 spiro atoms. The number of hydrogen-bond donors (Lipinski definition) is 2. The molecule has 9 heteroatoms. The molecular formula is C11H8Cl2N2O3S2. The smallest absolute Gasteiger partial charge is 0.256 e. The van der Waals surface area contributed by atoms with Crippen LogP contribution in [0.5, 0.6) is 0 Å². The van der Waals surface area contributed by atoms with Crippen LogP contribution in [0.25, 0.3) is 0 Å². The van der Waals surface area contributed by atoms with Crippen LogP contribution in [0.1, 0.15) is 10.4 Å². The molecule has 2 aromatic rings. The van der Waals surface area contributed by atoms with Crippen molar-refractivity contribution >= 4 is 56.2 Å². The fourth-order valence-corrected chi connectivity index (χ4v) is 3.25. The van der Waals surface area contributed by atoms with Crippen molar-refractivity contribution in [3.8, 4) is 0 Å². The molecule has 5 nitrogen and oxygen atoms in total. The lowest BCUT2D eigenvalue weighted by molar-refractivity contribution is 0.102. The summed E-state index contributed by atoms with van der Waals surface area (Å²) in [5.74, 6) is -0.463. The first-order valence-corrected chi connectivity index (χ1v) is 8.33. The summed E-state index contributed by atoms with van der Waals surface area (Å²) in [4.78, 5) is 11.9. The van der Waals surface area contributed by atoms with Gasteiger partial charge in [0.1, 0.15) is 4.21 Å². The van der Waals surface area contributed by atoms with Crippen LogP contribution in [0.4, 0.5) is 5.69 Å². The molecule has 0 bridgehead atoms. The second-order valence-electron chi connectivity index (χ2n) is 3.78. The van der Waals surface area contributed by atoms with E-state index in [2.05, 4.69) is 5.32 Å². The van der Waals surface area contributed by atoms with Gasteiger partial charge < -0.3 is 5.32 Å². The Morgan fingerprint density at radius 3 is 2.45 bits per heavy atom. The topological polar surface area (TPSA) is 89.3 Å². The predicted octanol–water partition coefficient (Wildman–Crippen LogP) is 2.95. The molecule has 0 saturated carbocycles. The van der Waals surface area contributed by atoms with E-state index in [1.807, 2.05) is 0 Å². The summed E-state index contributed by atoms with van der Waals surface area (Å²) < 4.78 is 22.2. The minimum Gasteiger partial charge on any atom is -0.322 e. The molecule has 0 saturated heterocycles. The molecule has 0 unspecified atom stereocenters. The Bertz CT molecular complexity index is 772. The number of sulfonamides is 1. The summed E-state index contributed by atoms with van der Waals surface area (Å²) in [7, 11) is -3.80. The number of benzene rings is 1. The maximum Gasteiger partial charge on any atom is 0.256 e. The predicted molar refractivity (Wildman–Crippen MR) is 80.1 cm³/mol. The minimum absolute atomic E-state index is 0.0724. The molecule has 1 aromatic carbocycles. The van der Waals surface area contributed by atoms with E-state index in [1.165, 1.54) is 17.5 Å². The summed E-state index contributed by atoms with van der Waals surface area (Å²) in [6.07, 6.45) is 0. The second-order valence-corrected chi connectivity index (χ2v) is 7.30. The lowest BCUT2D eigenvalue weighted by Crippen LogP contribution is -2.12. The Hall–Kier alpha value is -1.12. The number of thiophene rings is 1. The van der Waals surface area contributed by atoms with Gasteiger partial charge in [-0.05, 0) is 24.3 Å². The largest absolute Gasteiger partial charge is 0.322 e. The van der Waals surface area contributed by atoms with Crippen molar-refractivity contribution < 1.29 is 13.2 Å². The normalized spacial score (nSPS) is 11.3. The number of rotatable bonds is 3. The maximum atomic E-state index is 11.9. The number of carbonyl (C=O) groups excluding carboxylic acids is 1. The van der Waals surface area contributed by atoms with E-state index in [-0.39, 0.29) is 9.77 Å². The van der Waals surface area contributed by atoms with Gasteiger partial charge in [0.15, 0.2) is 0 Å². The average molecular weight is 351 g/mol. The van der Waals surface area contributed by atoms with Gasteiger partial charge in [-0.1, -0.05) is 23.2 Å². The van der Waals surface area contributed by atoms with Crippen LogP contribution in [0.2, 0.25) is 10.0 Å². The molecule has 0 fully saturated rings. The lowest BCUT2D eigenvalue weighted by atomic mass is 10.3. The highest BCUT2D eigenvalue weighted by Crippen LogP contribution is 2.26. The standard InChI is InChI=1S/C11H8Cl2N2O3S2/c12-8-2-1-7(4-9(8)13)15-11(16)6-3-10(19-5-6)20(14,17)18/h1-5H,(H,15,16)(H2,14,17,18). The number of primary sulfonamides is 1. The van der Waals surface area contributed by atoms with Gasteiger partial charge in [-0.2, -0.15) is 0 Å². The zero-order valence-electron chi connectivity index (χ0n) is 9.76. The number of nitrogens with two attached hydrogens (primary N) is 1. The van der Waals surface area contributed by atoms with Gasteiger partial charge in [0.2, 0.25) is 10.0 Å².